The zero-order valence-corrected chi connectivity index (χ0v) is 7.13. The maximum atomic E-state index is 9.44. The largest absolute Gasteiger partial charge is 0.393 e. The number of fused-ring (bicyclic) bond motifs is 1. The Balaban J connectivity index is 1.95. The Morgan fingerprint density at radius 1 is 0.727 bits per heavy atom. The van der Waals surface area contributed by atoms with Crippen LogP contribution < -0.4 is 0 Å². The van der Waals surface area contributed by atoms with E-state index in [-0.39, 0.29) is 6.10 Å². The molecule has 2 aliphatic rings. The number of aliphatic hydroxyl groups excluding tert-OH is 1. The highest BCUT2D eigenvalue weighted by molar-refractivity contribution is 4.81. The van der Waals surface area contributed by atoms with Crippen LogP contribution in [-0.2, 0) is 0 Å². The van der Waals surface area contributed by atoms with Crippen LogP contribution in [0.5, 0.6) is 0 Å². The molecule has 0 aromatic rings. The average molecular weight is 154 g/mol. The minimum absolute atomic E-state index is 0.0283. The zero-order valence-electron chi connectivity index (χ0n) is 7.13. The molecule has 0 aliphatic heterocycles. The Bertz CT molecular complexity index is 119. The molecule has 2 fully saturated rings. The fourth-order valence-electron chi connectivity index (χ4n) is 2.83. The summed E-state index contributed by atoms with van der Waals surface area (Å²) in [5.74, 6) is 1.96. The fraction of sp³-hybridized carbons (Fsp3) is 1.00. The van der Waals surface area contributed by atoms with Crippen molar-refractivity contribution in [2.24, 2.45) is 11.8 Å². The summed E-state index contributed by atoms with van der Waals surface area (Å²) in [6, 6.07) is 0. The van der Waals surface area contributed by atoms with E-state index >= 15 is 0 Å². The van der Waals surface area contributed by atoms with Gasteiger partial charge in [0, 0.05) is 0 Å². The molecule has 0 radical (unpaired) electrons. The highest BCUT2D eigenvalue weighted by atomic mass is 16.3. The van der Waals surface area contributed by atoms with Gasteiger partial charge in [-0.2, -0.15) is 0 Å². The predicted octanol–water partition coefficient (Wildman–Crippen LogP) is 2.34. The second-order valence-corrected chi connectivity index (χ2v) is 4.26. The quantitative estimate of drug-likeness (QED) is 0.568. The van der Waals surface area contributed by atoms with Crippen LogP contribution in [0.25, 0.3) is 0 Å². The van der Waals surface area contributed by atoms with Gasteiger partial charge < -0.3 is 5.11 Å². The van der Waals surface area contributed by atoms with Crippen LogP contribution in [0.3, 0.4) is 0 Å². The summed E-state index contributed by atoms with van der Waals surface area (Å²) in [5, 5.41) is 9.44. The summed E-state index contributed by atoms with van der Waals surface area (Å²) in [6.45, 7) is 0. The van der Waals surface area contributed by atoms with Gasteiger partial charge in [0.25, 0.3) is 0 Å². The Kier molecular flexibility index (Phi) is 2.17. The van der Waals surface area contributed by atoms with Gasteiger partial charge in [-0.15, -0.1) is 0 Å². The molecule has 2 atom stereocenters. The molecule has 2 aliphatic carbocycles. The standard InChI is InChI=1S/C10H18O/c11-10-6-4-8-2-1-3-9(8)5-7-10/h8-11H,1-7H2. The van der Waals surface area contributed by atoms with E-state index in [1.807, 2.05) is 0 Å². The normalized spacial score (nSPS) is 45.0. The molecule has 1 N–H and O–H groups in total. The fourth-order valence-corrected chi connectivity index (χ4v) is 2.83. The van der Waals surface area contributed by atoms with Crippen LogP contribution >= 0.6 is 0 Å². The SMILES string of the molecule is OC1CCC2CCCC2CC1. The summed E-state index contributed by atoms with van der Waals surface area (Å²) < 4.78 is 0. The smallest absolute Gasteiger partial charge is 0.0540 e. The molecule has 0 saturated heterocycles. The molecule has 2 unspecified atom stereocenters. The molecule has 0 aromatic heterocycles. The molecule has 11 heavy (non-hydrogen) atoms. The van der Waals surface area contributed by atoms with Gasteiger partial charge in [0.1, 0.15) is 0 Å². The summed E-state index contributed by atoms with van der Waals surface area (Å²) in [7, 11) is 0. The minimum atomic E-state index is 0.0283. The van der Waals surface area contributed by atoms with Gasteiger partial charge in [-0.25, -0.2) is 0 Å². The van der Waals surface area contributed by atoms with Gasteiger partial charge in [0.15, 0.2) is 0 Å². The summed E-state index contributed by atoms with van der Waals surface area (Å²) in [6.07, 6.45) is 9.10. The molecular weight excluding hydrogens is 136 g/mol. The molecule has 0 amide bonds. The Morgan fingerprint density at radius 3 is 1.82 bits per heavy atom. The van der Waals surface area contributed by atoms with Crippen molar-refractivity contribution >= 4 is 0 Å². The third-order valence-corrected chi connectivity index (χ3v) is 3.56. The number of hydrogen-bond acceptors (Lipinski definition) is 1. The topological polar surface area (TPSA) is 20.2 Å². The average Bonchev–Trinajstić information content (AvgIpc) is 2.38. The van der Waals surface area contributed by atoms with Crippen LogP contribution in [0, 0.1) is 11.8 Å². The van der Waals surface area contributed by atoms with Crippen molar-refractivity contribution in [3.63, 3.8) is 0 Å². The molecule has 1 nitrogen and oxygen atoms in total. The molecule has 0 aromatic carbocycles. The first-order chi connectivity index (χ1) is 5.36. The van der Waals surface area contributed by atoms with Gasteiger partial charge in [0.05, 0.1) is 6.10 Å². The Labute approximate surface area is 68.8 Å². The van der Waals surface area contributed by atoms with Crippen molar-refractivity contribution in [1.29, 1.82) is 0 Å². The van der Waals surface area contributed by atoms with Crippen LogP contribution in [-0.4, -0.2) is 11.2 Å². The first-order valence-electron chi connectivity index (χ1n) is 5.04. The number of hydrogen-bond donors (Lipinski definition) is 1. The molecule has 64 valence electrons. The number of aliphatic hydroxyl groups is 1. The second-order valence-electron chi connectivity index (χ2n) is 4.26. The summed E-state index contributed by atoms with van der Waals surface area (Å²) >= 11 is 0. The van der Waals surface area contributed by atoms with Crippen molar-refractivity contribution < 1.29 is 5.11 Å². The van der Waals surface area contributed by atoms with Crippen molar-refractivity contribution in [2.45, 2.75) is 51.0 Å². The zero-order chi connectivity index (χ0) is 7.68. The highest BCUT2D eigenvalue weighted by Gasteiger charge is 2.30. The maximum Gasteiger partial charge on any atom is 0.0540 e. The van der Waals surface area contributed by atoms with Crippen LogP contribution in [0.2, 0.25) is 0 Å². The Morgan fingerprint density at radius 2 is 1.27 bits per heavy atom. The lowest BCUT2D eigenvalue weighted by molar-refractivity contribution is 0.154. The van der Waals surface area contributed by atoms with E-state index < -0.39 is 0 Å². The predicted molar refractivity (Wildman–Crippen MR) is 45.3 cm³/mol. The van der Waals surface area contributed by atoms with Gasteiger partial charge in [-0.1, -0.05) is 19.3 Å². The van der Waals surface area contributed by atoms with E-state index in [2.05, 4.69) is 0 Å². The van der Waals surface area contributed by atoms with Crippen molar-refractivity contribution in [3.05, 3.63) is 0 Å². The lowest BCUT2D eigenvalue weighted by Gasteiger charge is -2.14. The molecule has 2 saturated carbocycles. The van der Waals surface area contributed by atoms with Crippen LogP contribution in [0.15, 0.2) is 0 Å². The Hall–Kier alpha value is -0.0400. The molecule has 1 heteroatoms. The lowest BCUT2D eigenvalue weighted by Crippen LogP contribution is -2.04. The van der Waals surface area contributed by atoms with E-state index in [1.165, 1.54) is 32.1 Å². The van der Waals surface area contributed by atoms with E-state index in [0.717, 1.165) is 24.7 Å². The van der Waals surface area contributed by atoms with Gasteiger partial charge in [-0.3, -0.25) is 0 Å². The van der Waals surface area contributed by atoms with Gasteiger partial charge in [-0.05, 0) is 37.5 Å². The highest BCUT2D eigenvalue weighted by Crippen LogP contribution is 2.40. The van der Waals surface area contributed by atoms with Crippen LogP contribution in [0.4, 0.5) is 0 Å². The van der Waals surface area contributed by atoms with Gasteiger partial charge in [0.2, 0.25) is 0 Å². The molecule has 0 spiro atoms. The third-order valence-electron chi connectivity index (χ3n) is 3.56. The molecule has 2 rings (SSSR count). The van der Waals surface area contributed by atoms with Crippen molar-refractivity contribution in [3.8, 4) is 0 Å². The summed E-state index contributed by atoms with van der Waals surface area (Å²) in [5.41, 5.74) is 0. The molecular formula is C10H18O. The monoisotopic (exact) mass is 154 g/mol. The van der Waals surface area contributed by atoms with Crippen LogP contribution in [0.1, 0.15) is 44.9 Å². The number of rotatable bonds is 0. The minimum Gasteiger partial charge on any atom is -0.393 e. The van der Waals surface area contributed by atoms with Crippen molar-refractivity contribution in [1.82, 2.24) is 0 Å². The summed E-state index contributed by atoms with van der Waals surface area (Å²) in [4.78, 5) is 0. The molecule has 0 bridgehead atoms. The van der Waals surface area contributed by atoms with E-state index in [4.69, 9.17) is 0 Å². The second kappa shape index (κ2) is 3.14. The van der Waals surface area contributed by atoms with Crippen molar-refractivity contribution in [2.75, 3.05) is 0 Å². The van der Waals surface area contributed by atoms with E-state index in [0.29, 0.717) is 0 Å². The first kappa shape index (κ1) is 7.60. The lowest BCUT2D eigenvalue weighted by atomic mass is 9.92. The van der Waals surface area contributed by atoms with E-state index in [1.54, 1.807) is 0 Å². The van der Waals surface area contributed by atoms with Gasteiger partial charge >= 0.3 is 0 Å². The molecule has 0 heterocycles. The first-order valence-corrected chi connectivity index (χ1v) is 5.04. The maximum absolute atomic E-state index is 9.44. The van der Waals surface area contributed by atoms with E-state index in [9.17, 15) is 5.11 Å². The third kappa shape index (κ3) is 1.58.